The summed E-state index contributed by atoms with van der Waals surface area (Å²) in [4.78, 5) is 11.5. The lowest BCUT2D eigenvalue weighted by molar-refractivity contribution is -0.121. The molecule has 0 spiro atoms. The smallest absolute Gasteiger partial charge is 0.220 e. The van der Waals surface area contributed by atoms with Crippen molar-refractivity contribution in [1.29, 1.82) is 0 Å². The quantitative estimate of drug-likeness (QED) is 0.508. The fourth-order valence-electron chi connectivity index (χ4n) is 2.53. The Balaban J connectivity index is 0.00000361. The van der Waals surface area contributed by atoms with E-state index in [9.17, 15) is 4.79 Å². The van der Waals surface area contributed by atoms with E-state index in [0.29, 0.717) is 19.1 Å². The van der Waals surface area contributed by atoms with Crippen molar-refractivity contribution in [2.24, 2.45) is 0 Å². The second-order valence-corrected chi connectivity index (χ2v) is 5.29. The number of hydrogen-bond acceptors (Lipinski definition) is 3. The van der Waals surface area contributed by atoms with E-state index < -0.39 is 0 Å². The van der Waals surface area contributed by atoms with Gasteiger partial charge in [-0.25, -0.2) is 0 Å². The first-order valence-electron chi connectivity index (χ1n) is 7.90. The molecule has 0 aliphatic heterocycles. The number of halogens is 1. The van der Waals surface area contributed by atoms with Gasteiger partial charge < -0.3 is 15.4 Å². The van der Waals surface area contributed by atoms with Gasteiger partial charge in [-0.15, -0.1) is 12.4 Å². The fourth-order valence-corrected chi connectivity index (χ4v) is 2.53. The highest BCUT2D eigenvalue weighted by atomic mass is 35.5. The first kappa shape index (κ1) is 19.7. The SMILES string of the molecule is CCOCCCC(=O)NCCNC1CCCCCC1.Cl. The lowest BCUT2D eigenvalue weighted by Crippen LogP contribution is -2.36. The molecule has 2 N–H and O–H groups in total. The lowest BCUT2D eigenvalue weighted by Gasteiger charge is -2.16. The maximum atomic E-state index is 11.5. The van der Waals surface area contributed by atoms with Gasteiger partial charge in [-0.3, -0.25) is 4.79 Å². The number of nitrogens with one attached hydrogen (secondary N) is 2. The minimum absolute atomic E-state index is 0. The first-order chi connectivity index (χ1) is 9.33. The van der Waals surface area contributed by atoms with Crippen LogP contribution in [0.25, 0.3) is 0 Å². The molecule has 0 radical (unpaired) electrons. The minimum atomic E-state index is 0. The molecule has 0 bridgehead atoms. The summed E-state index contributed by atoms with van der Waals surface area (Å²) in [5.74, 6) is 0.141. The highest BCUT2D eigenvalue weighted by molar-refractivity contribution is 5.85. The number of rotatable bonds is 9. The molecule has 4 nitrogen and oxygen atoms in total. The fraction of sp³-hybridized carbons (Fsp3) is 0.933. The number of carbonyl (C=O) groups excluding carboxylic acids is 1. The van der Waals surface area contributed by atoms with Crippen molar-refractivity contribution in [2.75, 3.05) is 26.3 Å². The van der Waals surface area contributed by atoms with Crippen LogP contribution in [-0.4, -0.2) is 38.3 Å². The predicted octanol–water partition coefficient (Wildman–Crippen LogP) is 2.65. The standard InChI is InChI=1S/C15H30N2O2.ClH/c1-2-19-13-7-10-15(18)17-12-11-16-14-8-5-3-4-6-9-14;/h14,16H,2-13H2,1H3,(H,17,18);1H. The molecule has 0 unspecified atom stereocenters. The molecule has 0 aromatic heterocycles. The molecule has 1 aliphatic carbocycles. The zero-order valence-electron chi connectivity index (χ0n) is 12.8. The summed E-state index contributed by atoms with van der Waals surface area (Å²) in [6.45, 7) is 5.02. The summed E-state index contributed by atoms with van der Waals surface area (Å²) < 4.78 is 5.21. The molecule has 1 amide bonds. The monoisotopic (exact) mass is 306 g/mol. The van der Waals surface area contributed by atoms with Crippen molar-refractivity contribution in [3.05, 3.63) is 0 Å². The largest absolute Gasteiger partial charge is 0.382 e. The molecule has 5 heteroatoms. The van der Waals surface area contributed by atoms with Gasteiger partial charge in [-0.1, -0.05) is 25.7 Å². The van der Waals surface area contributed by atoms with Gasteiger partial charge in [0.1, 0.15) is 0 Å². The van der Waals surface area contributed by atoms with E-state index in [1.165, 1.54) is 38.5 Å². The average Bonchev–Trinajstić information content (AvgIpc) is 2.68. The van der Waals surface area contributed by atoms with Crippen LogP contribution in [0.3, 0.4) is 0 Å². The molecule has 0 atom stereocenters. The van der Waals surface area contributed by atoms with Crippen LogP contribution in [0, 0.1) is 0 Å². The Morgan fingerprint density at radius 1 is 1.15 bits per heavy atom. The second-order valence-electron chi connectivity index (χ2n) is 5.29. The van der Waals surface area contributed by atoms with Crippen molar-refractivity contribution in [3.63, 3.8) is 0 Å². The van der Waals surface area contributed by atoms with Crippen LogP contribution in [0.4, 0.5) is 0 Å². The van der Waals surface area contributed by atoms with E-state index >= 15 is 0 Å². The van der Waals surface area contributed by atoms with Crippen molar-refractivity contribution < 1.29 is 9.53 Å². The third-order valence-electron chi connectivity index (χ3n) is 3.63. The third-order valence-corrected chi connectivity index (χ3v) is 3.63. The van der Waals surface area contributed by atoms with Crippen LogP contribution in [0.2, 0.25) is 0 Å². The number of ether oxygens (including phenoxy) is 1. The van der Waals surface area contributed by atoms with Crippen LogP contribution >= 0.6 is 12.4 Å². The molecule has 0 saturated heterocycles. The highest BCUT2D eigenvalue weighted by Crippen LogP contribution is 2.16. The molecule has 1 rings (SSSR count). The van der Waals surface area contributed by atoms with Crippen LogP contribution in [0.1, 0.15) is 58.3 Å². The number of carbonyl (C=O) groups is 1. The topological polar surface area (TPSA) is 50.4 Å². The normalized spacial score (nSPS) is 16.2. The van der Waals surface area contributed by atoms with Gasteiger partial charge >= 0.3 is 0 Å². The average molecular weight is 307 g/mol. The van der Waals surface area contributed by atoms with Gasteiger partial charge in [0, 0.05) is 38.8 Å². The Kier molecular flexibility index (Phi) is 13.4. The molecular weight excluding hydrogens is 276 g/mol. The molecule has 0 aromatic carbocycles. The zero-order valence-corrected chi connectivity index (χ0v) is 13.6. The van der Waals surface area contributed by atoms with Gasteiger partial charge in [0.05, 0.1) is 0 Å². The van der Waals surface area contributed by atoms with Crippen LogP contribution < -0.4 is 10.6 Å². The Bertz CT molecular complexity index is 232. The molecule has 1 aliphatic rings. The third kappa shape index (κ3) is 10.5. The zero-order chi connectivity index (χ0) is 13.8. The number of hydrogen-bond donors (Lipinski definition) is 2. The summed E-state index contributed by atoms with van der Waals surface area (Å²) in [6, 6.07) is 0.664. The molecule has 1 saturated carbocycles. The van der Waals surface area contributed by atoms with Crippen molar-refractivity contribution in [2.45, 2.75) is 64.3 Å². The van der Waals surface area contributed by atoms with Crippen molar-refractivity contribution in [1.82, 2.24) is 10.6 Å². The van der Waals surface area contributed by atoms with E-state index in [2.05, 4.69) is 10.6 Å². The summed E-state index contributed by atoms with van der Waals surface area (Å²) in [6.07, 6.45) is 9.44. The van der Waals surface area contributed by atoms with Crippen LogP contribution in [-0.2, 0) is 9.53 Å². The molecule has 20 heavy (non-hydrogen) atoms. The molecule has 0 heterocycles. The van der Waals surface area contributed by atoms with Crippen LogP contribution in [0.15, 0.2) is 0 Å². The summed E-state index contributed by atoms with van der Waals surface area (Å²) >= 11 is 0. The Labute approximate surface area is 129 Å². The van der Waals surface area contributed by atoms with Gasteiger partial charge in [-0.2, -0.15) is 0 Å². The Hall–Kier alpha value is -0.320. The Morgan fingerprint density at radius 2 is 1.85 bits per heavy atom. The second kappa shape index (κ2) is 13.7. The van der Waals surface area contributed by atoms with E-state index in [4.69, 9.17) is 4.74 Å². The summed E-state index contributed by atoms with van der Waals surface area (Å²) in [5, 5.41) is 6.51. The molecule has 120 valence electrons. The lowest BCUT2D eigenvalue weighted by atomic mass is 10.1. The summed E-state index contributed by atoms with van der Waals surface area (Å²) in [7, 11) is 0. The van der Waals surface area contributed by atoms with Gasteiger partial charge in [0.15, 0.2) is 0 Å². The van der Waals surface area contributed by atoms with Crippen LogP contribution in [0.5, 0.6) is 0 Å². The van der Waals surface area contributed by atoms with Gasteiger partial charge in [0.2, 0.25) is 5.91 Å². The molecule has 0 aromatic rings. The van der Waals surface area contributed by atoms with Gasteiger partial charge in [0.25, 0.3) is 0 Å². The van der Waals surface area contributed by atoms with E-state index in [1.807, 2.05) is 6.92 Å². The number of amides is 1. The summed E-state index contributed by atoms with van der Waals surface area (Å²) in [5.41, 5.74) is 0. The highest BCUT2D eigenvalue weighted by Gasteiger charge is 2.10. The van der Waals surface area contributed by atoms with Gasteiger partial charge in [-0.05, 0) is 26.2 Å². The Morgan fingerprint density at radius 3 is 2.50 bits per heavy atom. The van der Waals surface area contributed by atoms with E-state index in [0.717, 1.165) is 26.1 Å². The van der Waals surface area contributed by atoms with E-state index in [-0.39, 0.29) is 18.3 Å². The molecular formula is C15H31ClN2O2. The van der Waals surface area contributed by atoms with E-state index in [1.54, 1.807) is 0 Å². The minimum Gasteiger partial charge on any atom is -0.382 e. The first-order valence-corrected chi connectivity index (χ1v) is 7.90. The van der Waals surface area contributed by atoms with Crippen molar-refractivity contribution in [3.8, 4) is 0 Å². The van der Waals surface area contributed by atoms with Crippen molar-refractivity contribution >= 4 is 18.3 Å². The predicted molar refractivity (Wildman–Crippen MR) is 85.5 cm³/mol. The molecule has 1 fully saturated rings. The maximum Gasteiger partial charge on any atom is 0.220 e. The maximum absolute atomic E-state index is 11.5.